The predicted octanol–water partition coefficient (Wildman–Crippen LogP) is 18.6. The second-order valence-corrected chi connectivity index (χ2v) is 18.5. The topological polar surface area (TPSA) is 78.9 Å². The first-order valence-electron chi connectivity index (χ1n) is 27.9. The summed E-state index contributed by atoms with van der Waals surface area (Å²) in [5.41, 5.74) is 0. The van der Waals surface area contributed by atoms with Crippen LogP contribution in [0.25, 0.3) is 0 Å². The summed E-state index contributed by atoms with van der Waals surface area (Å²) < 4.78 is 16.8. The van der Waals surface area contributed by atoms with Crippen LogP contribution >= 0.6 is 0 Å². The number of unbranched alkanes of at least 4 members (excludes halogenated alkanes) is 27. The molecule has 0 rings (SSSR count). The zero-order valence-corrected chi connectivity index (χ0v) is 43.4. The first-order valence-corrected chi connectivity index (χ1v) is 27.9. The van der Waals surface area contributed by atoms with Gasteiger partial charge in [0.25, 0.3) is 0 Å². The molecule has 0 aromatic rings. The fourth-order valence-electron chi connectivity index (χ4n) is 7.77. The van der Waals surface area contributed by atoms with E-state index in [1.165, 1.54) is 148 Å². The summed E-state index contributed by atoms with van der Waals surface area (Å²) in [4.78, 5) is 38.1. The summed E-state index contributed by atoms with van der Waals surface area (Å²) in [6, 6.07) is 0. The molecule has 66 heavy (non-hydrogen) atoms. The van der Waals surface area contributed by atoms with Crippen molar-refractivity contribution >= 4 is 17.9 Å². The van der Waals surface area contributed by atoms with E-state index < -0.39 is 6.10 Å². The van der Waals surface area contributed by atoms with Crippen molar-refractivity contribution in [1.82, 2.24) is 0 Å². The predicted molar refractivity (Wildman–Crippen MR) is 284 cm³/mol. The maximum Gasteiger partial charge on any atom is 0.306 e. The van der Waals surface area contributed by atoms with E-state index in [9.17, 15) is 14.4 Å². The Hall–Kier alpha value is -3.15. The summed E-state index contributed by atoms with van der Waals surface area (Å²) in [6.45, 7) is 6.48. The Labute approximate surface area is 408 Å². The third-order valence-electron chi connectivity index (χ3n) is 11.9. The van der Waals surface area contributed by atoms with Gasteiger partial charge >= 0.3 is 17.9 Å². The standard InChI is InChI=1S/C60H104O6/c1-4-7-10-13-16-19-22-25-28-30-33-35-38-41-44-47-50-53-59(62)65-56-57(55-64-58(61)52-49-46-43-40-37-34-31-27-24-21-18-15-12-9-6-3)66-60(63)54-51-48-45-42-39-36-32-29-26-23-20-17-14-11-8-5-2/h7,10,16,19,21,24-25,28,33,35,41,44,57H,4-6,8-9,11-15,17-18,20,22-23,26-27,29-32,34,36-40,42-43,45-56H2,1-3H3/b10-7+,19-16+,24-21+,28-25+,35-33+,44-41+/t57-/m1/s1. The lowest BCUT2D eigenvalue weighted by atomic mass is 10.0. The molecule has 0 spiro atoms. The van der Waals surface area contributed by atoms with Crippen molar-refractivity contribution in [2.45, 2.75) is 277 Å². The Morgan fingerprint density at radius 3 is 1.02 bits per heavy atom. The van der Waals surface area contributed by atoms with Gasteiger partial charge < -0.3 is 14.2 Å². The van der Waals surface area contributed by atoms with Crippen LogP contribution in [-0.4, -0.2) is 37.2 Å². The largest absolute Gasteiger partial charge is 0.462 e. The molecule has 0 amide bonds. The van der Waals surface area contributed by atoms with Gasteiger partial charge in [-0.15, -0.1) is 0 Å². The lowest BCUT2D eigenvalue weighted by Crippen LogP contribution is -2.30. The van der Waals surface area contributed by atoms with Crippen LogP contribution < -0.4 is 0 Å². The van der Waals surface area contributed by atoms with Crippen molar-refractivity contribution in [1.29, 1.82) is 0 Å². The molecule has 0 aliphatic heterocycles. The summed E-state index contributed by atoms with van der Waals surface area (Å²) in [5, 5.41) is 0. The lowest BCUT2D eigenvalue weighted by Gasteiger charge is -2.18. The Kier molecular flexibility index (Phi) is 51.9. The van der Waals surface area contributed by atoms with Gasteiger partial charge in [-0.1, -0.05) is 241 Å². The smallest absolute Gasteiger partial charge is 0.306 e. The number of hydrogen-bond donors (Lipinski definition) is 0. The molecule has 0 bridgehead atoms. The molecule has 1 atom stereocenters. The Balaban J connectivity index is 4.46. The van der Waals surface area contributed by atoms with Crippen molar-refractivity contribution in [3.05, 3.63) is 72.9 Å². The van der Waals surface area contributed by atoms with Gasteiger partial charge in [0, 0.05) is 19.3 Å². The molecule has 0 fully saturated rings. The molecule has 0 aliphatic rings. The van der Waals surface area contributed by atoms with Crippen LogP contribution in [0.1, 0.15) is 271 Å². The first kappa shape index (κ1) is 62.8. The third-order valence-corrected chi connectivity index (χ3v) is 11.9. The molecular formula is C60H104O6. The second-order valence-electron chi connectivity index (χ2n) is 18.5. The fourth-order valence-corrected chi connectivity index (χ4v) is 7.77. The molecule has 0 heterocycles. The van der Waals surface area contributed by atoms with E-state index in [0.29, 0.717) is 19.3 Å². The van der Waals surface area contributed by atoms with Crippen LogP contribution in [0, 0.1) is 0 Å². The van der Waals surface area contributed by atoms with Gasteiger partial charge in [0.05, 0.1) is 0 Å². The minimum atomic E-state index is -0.798. The molecule has 0 saturated carbocycles. The van der Waals surface area contributed by atoms with Crippen molar-refractivity contribution in [2.24, 2.45) is 0 Å². The number of ether oxygens (including phenoxy) is 3. The highest BCUT2D eigenvalue weighted by molar-refractivity contribution is 5.71. The highest BCUT2D eigenvalue weighted by Gasteiger charge is 2.19. The normalized spacial score (nSPS) is 12.6. The zero-order chi connectivity index (χ0) is 47.9. The van der Waals surface area contributed by atoms with E-state index in [2.05, 4.69) is 93.7 Å². The molecule has 0 N–H and O–H groups in total. The number of esters is 3. The lowest BCUT2D eigenvalue weighted by molar-refractivity contribution is -0.167. The van der Waals surface area contributed by atoms with Crippen LogP contribution in [0.3, 0.4) is 0 Å². The van der Waals surface area contributed by atoms with Gasteiger partial charge in [-0.2, -0.15) is 0 Å². The van der Waals surface area contributed by atoms with Crippen LogP contribution in [0.15, 0.2) is 72.9 Å². The van der Waals surface area contributed by atoms with Crippen LogP contribution in [-0.2, 0) is 28.6 Å². The van der Waals surface area contributed by atoms with Gasteiger partial charge in [0.1, 0.15) is 13.2 Å². The number of rotatable bonds is 50. The third kappa shape index (κ3) is 51.8. The van der Waals surface area contributed by atoms with E-state index in [1.807, 2.05) is 0 Å². The zero-order valence-electron chi connectivity index (χ0n) is 43.4. The Morgan fingerprint density at radius 2 is 0.606 bits per heavy atom. The van der Waals surface area contributed by atoms with Gasteiger partial charge in [0.15, 0.2) is 6.10 Å². The molecular weight excluding hydrogens is 817 g/mol. The van der Waals surface area contributed by atoms with Gasteiger partial charge in [-0.25, -0.2) is 0 Å². The van der Waals surface area contributed by atoms with Gasteiger partial charge in [-0.05, 0) is 83.5 Å². The highest BCUT2D eigenvalue weighted by Crippen LogP contribution is 2.16. The SMILES string of the molecule is CC/C=C/C/C=C/C/C=C/C/C=C/C/C=C/CCCC(=O)OC[C@@H](COC(=O)CCCCCCCCC/C=C/CCCCCC)OC(=O)CCCCCCCCCCCCCCCCCC. The monoisotopic (exact) mass is 921 g/mol. The van der Waals surface area contributed by atoms with Crippen molar-refractivity contribution in [2.75, 3.05) is 13.2 Å². The minimum Gasteiger partial charge on any atom is -0.462 e. The number of carbonyl (C=O) groups excluding carboxylic acids is 3. The van der Waals surface area contributed by atoms with Crippen molar-refractivity contribution < 1.29 is 28.6 Å². The molecule has 6 heteroatoms. The first-order chi connectivity index (χ1) is 32.5. The summed E-state index contributed by atoms with van der Waals surface area (Å²) in [5.74, 6) is -0.949. The Morgan fingerprint density at radius 1 is 0.318 bits per heavy atom. The molecule has 0 aliphatic carbocycles. The minimum absolute atomic E-state index is 0.0932. The van der Waals surface area contributed by atoms with Crippen molar-refractivity contribution in [3.63, 3.8) is 0 Å². The maximum atomic E-state index is 12.8. The molecule has 0 aromatic heterocycles. The molecule has 0 radical (unpaired) electrons. The number of allylic oxidation sites excluding steroid dienone is 12. The van der Waals surface area contributed by atoms with E-state index >= 15 is 0 Å². The summed E-state index contributed by atoms with van der Waals surface area (Å²) in [6.07, 6.45) is 68.9. The van der Waals surface area contributed by atoms with Crippen LogP contribution in [0.5, 0.6) is 0 Å². The maximum absolute atomic E-state index is 12.8. The molecule has 0 saturated heterocycles. The number of carbonyl (C=O) groups is 3. The van der Waals surface area contributed by atoms with Gasteiger partial charge in [0.2, 0.25) is 0 Å². The summed E-state index contributed by atoms with van der Waals surface area (Å²) in [7, 11) is 0. The molecule has 6 nitrogen and oxygen atoms in total. The highest BCUT2D eigenvalue weighted by atomic mass is 16.6. The van der Waals surface area contributed by atoms with Crippen LogP contribution in [0.4, 0.5) is 0 Å². The van der Waals surface area contributed by atoms with E-state index in [1.54, 1.807) is 0 Å². The Bertz CT molecular complexity index is 1240. The van der Waals surface area contributed by atoms with E-state index in [0.717, 1.165) is 77.0 Å². The number of hydrogen-bond acceptors (Lipinski definition) is 6. The molecule has 380 valence electrons. The molecule has 0 aromatic carbocycles. The average Bonchev–Trinajstić information content (AvgIpc) is 3.31. The fraction of sp³-hybridized carbons (Fsp3) is 0.750. The van der Waals surface area contributed by atoms with Crippen LogP contribution in [0.2, 0.25) is 0 Å². The van der Waals surface area contributed by atoms with E-state index in [4.69, 9.17) is 14.2 Å². The van der Waals surface area contributed by atoms with Gasteiger partial charge in [-0.3, -0.25) is 14.4 Å². The second kappa shape index (κ2) is 54.5. The quantitative estimate of drug-likeness (QED) is 0.0262. The average molecular weight is 921 g/mol. The van der Waals surface area contributed by atoms with Crippen molar-refractivity contribution in [3.8, 4) is 0 Å². The molecule has 0 unspecified atom stereocenters. The summed E-state index contributed by atoms with van der Waals surface area (Å²) >= 11 is 0. The van der Waals surface area contributed by atoms with E-state index in [-0.39, 0.29) is 37.5 Å².